The normalized spacial score (nSPS) is 12.2. The molecule has 1 fully saturated rings. The topological polar surface area (TPSA) is 96.3 Å². The van der Waals surface area contributed by atoms with Gasteiger partial charge in [-0.2, -0.15) is 0 Å². The Morgan fingerprint density at radius 1 is 1.08 bits per heavy atom. The summed E-state index contributed by atoms with van der Waals surface area (Å²) < 4.78 is 4.87. The molecule has 1 aliphatic rings. The van der Waals surface area contributed by atoms with E-state index >= 15 is 0 Å². The molecule has 0 spiro atoms. The molecule has 0 aliphatic heterocycles. The fourth-order valence-corrected chi connectivity index (χ4v) is 3.83. The molecule has 1 saturated carbocycles. The lowest BCUT2D eigenvalue weighted by Crippen LogP contribution is -2.24. The number of amides is 1. The number of benzene rings is 3. The van der Waals surface area contributed by atoms with Crippen molar-refractivity contribution in [2.24, 2.45) is 0 Å². The van der Waals surface area contributed by atoms with Crippen molar-refractivity contribution in [2.45, 2.75) is 24.9 Å². The van der Waals surface area contributed by atoms with Crippen LogP contribution in [0.5, 0.6) is 0 Å². The second-order valence-electron chi connectivity index (χ2n) is 8.71. The van der Waals surface area contributed by atoms with Crippen LogP contribution in [0.2, 0.25) is 0 Å². The number of carbonyl (C=O) groups excluding carboxylic acids is 2. The van der Waals surface area contributed by atoms with Gasteiger partial charge in [0.1, 0.15) is 12.5 Å². The zero-order valence-electron chi connectivity index (χ0n) is 22.2. The van der Waals surface area contributed by atoms with E-state index in [1.165, 1.54) is 35.4 Å². The van der Waals surface area contributed by atoms with E-state index in [4.69, 9.17) is 10.8 Å². The number of nitrogens with one attached hydrogen (secondary N) is 3. The third-order valence-electron chi connectivity index (χ3n) is 6.18. The number of hydrogen-bond acceptors (Lipinski definition) is 6. The Morgan fingerprint density at radius 3 is 2.46 bits per heavy atom. The third kappa shape index (κ3) is 8.69. The fourth-order valence-electron chi connectivity index (χ4n) is 3.83. The van der Waals surface area contributed by atoms with Crippen LogP contribution >= 0.6 is 0 Å². The van der Waals surface area contributed by atoms with Gasteiger partial charge in [-0.15, -0.1) is 6.42 Å². The number of nitrogens with zero attached hydrogens (tertiary/aromatic N) is 1. The quantitative estimate of drug-likeness (QED) is 0.262. The highest BCUT2D eigenvalue weighted by atomic mass is 16.3. The summed E-state index contributed by atoms with van der Waals surface area (Å²) in [5.74, 6) is 7.48. The first-order chi connectivity index (χ1) is 19.0. The molecule has 7 nitrogen and oxygen atoms in total. The average Bonchev–Trinajstić information content (AvgIpc) is 3.63. The Balaban J connectivity index is 0.000000165. The molecule has 3 aromatic carbocycles. The summed E-state index contributed by atoms with van der Waals surface area (Å²) in [5.41, 5.74) is 3.03. The van der Waals surface area contributed by atoms with E-state index in [1.54, 1.807) is 30.5 Å². The van der Waals surface area contributed by atoms with Crippen LogP contribution in [0, 0.1) is 24.2 Å². The van der Waals surface area contributed by atoms with Gasteiger partial charge in [-0.25, -0.2) is 4.98 Å². The Bertz CT molecular complexity index is 1470. The van der Waals surface area contributed by atoms with Crippen LogP contribution in [0.15, 0.2) is 83.6 Å². The van der Waals surface area contributed by atoms with Crippen molar-refractivity contribution in [2.75, 3.05) is 20.6 Å². The van der Waals surface area contributed by atoms with Gasteiger partial charge >= 0.3 is 0 Å². The first kappa shape index (κ1) is 28.9. The largest absolute Gasteiger partial charge is 0.439 e. The van der Waals surface area contributed by atoms with Gasteiger partial charge in [-0.05, 0) is 66.7 Å². The van der Waals surface area contributed by atoms with Crippen LogP contribution in [0.1, 0.15) is 40.2 Å². The lowest BCUT2D eigenvalue weighted by Gasteiger charge is -2.15. The van der Waals surface area contributed by atoms with Crippen molar-refractivity contribution >= 4 is 23.0 Å². The second kappa shape index (κ2) is 14.9. The molecule has 0 unspecified atom stereocenters. The summed E-state index contributed by atoms with van der Waals surface area (Å²) in [6.07, 6.45) is 11.2. The van der Waals surface area contributed by atoms with Crippen molar-refractivity contribution in [1.29, 1.82) is 0 Å². The highest BCUT2D eigenvalue weighted by molar-refractivity contribution is 5.92. The van der Waals surface area contributed by atoms with Crippen LogP contribution in [-0.2, 0) is 16.9 Å². The standard InChI is InChI=1S/C14H15N.C11H9NO2.C7H8N2O/c1-15-14(8-9-14)13-7-6-11-4-2-3-5-12(11)10-13;1-2-11(14)12-7-9-5-3-4-6-10(9)8-13;1-8-4-2-3-7-9-5-6-10-7/h2-7,10,15H,8-9H2,1H3;1,3-6,8H,7H2,(H,12,14);5-6,8H,4H2,1H3. The summed E-state index contributed by atoms with van der Waals surface area (Å²) in [4.78, 5) is 25.2. The summed E-state index contributed by atoms with van der Waals surface area (Å²) >= 11 is 0. The first-order valence-electron chi connectivity index (χ1n) is 12.5. The maximum atomic E-state index is 10.7. The smallest absolute Gasteiger partial charge is 0.295 e. The lowest BCUT2D eigenvalue weighted by molar-refractivity contribution is -0.115. The number of fused-ring (bicyclic) bond motifs is 1. The van der Waals surface area contributed by atoms with Crippen LogP contribution in [0.4, 0.5) is 0 Å². The summed E-state index contributed by atoms with van der Waals surface area (Å²) in [5, 5.41) is 11.5. The van der Waals surface area contributed by atoms with Crippen LogP contribution in [0.3, 0.4) is 0 Å². The maximum Gasteiger partial charge on any atom is 0.295 e. The highest BCUT2D eigenvalue weighted by Gasteiger charge is 2.42. The average molecular weight is 521 g/mol. The molecule has 5 rings (SSSR count). The molecular weight excluding hydrogens is 488 g/mol. The van der Waals surface area contributed by atoms with Gasteiger partial charge in [0.05, 0.1) is 12.7 Å². The van der Waals surface area contributed by atoms with Crippen LogP contribution in [-0.4, -0.2) is 37.8 Å². The summed E-state index contributed by atoms with van der Waals surface area (Å²) in [7, 11) is 3.90. The Kier molecular flexibility index (Phi) is 11.0. The molecule has 4 aromatic rings. The number of terminal acetylenes is 1. The first-order valence-corrected chi connectivity index (χ1v) is 12.5. The van der Waals surface area contributed by atoms with Gasteiger partial charge in [0, 0.05) is 17.6 Å². The Morgan fingerprint density at radius 2 is 1.82 bits per heavy atom. The minimum Gasteiger partial charge on any atom is -0.439 e. The summed E-state index contributed by atoms with van der Waals surface area (Å²) in [6, 6.07) is 22.3. The van der Waals surface area contributed by atoms with Crippen molar-refractivity contribution < 1.29 is 14.0 Å². The molecule has 1 aliphatic carbocycles. The van der Waals surface area contributed by atoms with Gasteiger partial charge < -0.3 is 20.4 Å². The van der Waals surface area contributed by atoms with Gasteiger partial charge in [0.15, 0.2) is 0 Å². The molecule has 1 amide bonds. The minimum atomic E-state index is -0.481. The lowest BCUT2D eigenvalue weighted by atomic mass is 10.0. The molecular formula is C32H32N4O3. The van der Waals surface area contributed by atoms with E-state index in [0.717, 1.165) is 11.8 Å². The molecule has 1 aromatic heterocycles. The Labute approximate surface area is 229 Å². The molecule has 0 atom stereocenters. The van der Waals surface area contributed by atoms with Gasteiger partial charge in [0.2, 0.25) is 0 Å². The number of aldehydes is 1. The van der Waals surface area contributed by atoms with Crippen molar-refractivity contribution in [1.82, 2.24) is 20.9 Å². The van der Waals surface area contributed by atoms with E-state index < -0.39 is 5.91 Å². The minimum absolute atomic E-state index is 0.276. The number of oxazole rings is 1. The van der Waals surface area contributed by atoms with Gasteiger partial charge in [0.25, 0.3) is 11.8 Å². The van der Waals surface area contributed by atoms with Crippen molar-refractivity contribution in [3.63, 3.8) is 0 Å². The monoisotopic (exact) mass is 520 g/mol. The number of aromatic nitrogens is 1. The summed E-state index contributed by atoms with van der Waals surface area (Å²) in [6.45, 7) is 0.931. The zero-order valence-corrected chi connectivity index (χ0v) is 22.2. The van der Waals surface area contributed by atoms with E-state index in [9.17, 15) is 9.59 Å². The molecule has 0 saturated heterocycles. The Hall–Kier alpha value is -4.69. The van der Waals surface area contributed by atoms with E-state index in [0.29, 0.717) is 18.0 Å². The number of rotatable bonds is 6. The SMILES string of the molecule is C#CC(=O)NCc1ccccc1C=O.CNC1(c2ccc3ccccc3c2)CC1.CNCC#Cc1ncco1. The molecule has 3 N–H and O–H groups in total. The van der Waals surface area contributed by atoms with E-state index in [1.807, 2.05) is 13.0 Å². The predicted octanol–water partition coefficient (Wildman–Crippen LogP) is 4.04. The van der Waals surface area contributed by atoms with Crippen molar-refractivity contribution in [3.05, 3.63) is 102 Å². The van der Waals surface area contributed by atoms with Gasteiger partial charge in [-0.3, -0.25) is 9.59 Å². The third-order valence-corrected chi connectivity index (χ3v) is 6.18. The predicted molar refractivity (Wildman–Crippen MR) is 154 cm³/mol. The molecule has 198 valence electrons. The molecule has 39 heavy (non-hydrogen) atoms. The second-order valence-corrected chi connectivity index (χ2v) is 8.71. The van der Waals surface area contributed by atoms with Gasteiger partial charge in [-0.1, -0.05) is 66.6 Å². The maximum absolute atomic E-state index is 10.7. The molecule has 0 bridgehead atoms. The number of hydrogen-bond donors (Lipinski definition) is 3. The highest BCUT2D eigenvalue weighted by Crippen LogP contribution is 2.45. The molecule has 0 radical (unpaired) electrons. The zero-order chi connectivity index (χ0) is 27.9. The fraction of sp³-hybridized carbons (Fsp3) is 0.219. The van der Waals surface area contributed by atoms with Crippen LogP contribution < -0.4 is 16.0 Å². The van der Waals surface area contributed by atoms with Crippen molar-refractivity contribution in [3.8, 4) is 24.2 Å². The molecule has 7 heteroatoms. The van der Waals surface area contributed by atoms with E-state index in [-0.39, 0.29) is 12.1 Å². The van der Waals surface area contributed by atoms with E-state index in [2.05, 4.69) is 82.3 Å². The van der Waals surface area contributed by atoms with Crippen LogP contribution in [0.25, 0.3) is 10.8 Å². The number of carbonyl (C=O) groups is 2. The molecule has 1 heterocycles.